The molecule has 3 aromatic rings. The molecule has 10 heteroatoms. The Morgan fingerprint density at radius 1 is 1.12 bits per heavy atom. The van der Waals surface area contributed by atoms with Crippen LogP contribution in [0.4, 0.5) is 10.1 Å². The van der Waals surface area contributed by atoms with E-state index in [1.54, 1.807) is 18.2 Å². The zero-order chi connectivity index (χ0) is 22.7. The molecule has 0 radical (unpaired) electrons. The monoisotopic (exact) mass is 458 g/mol. The third-order valence-electron chi connectivity index (χ3n) is 5.30. The van der Waals surface area contributed by atoms with Gasteiger partial charge in [-0.2, -0.15) is 9.40 Å². The number of aromatic amines is 1. The van der Waals surface area contributed by atoms with Crippen molar-refractivity contribution in [1.82, 2.24) is 14.5 Å². The van der Waals surface area contributed by atoms with Crippen LogP contribution < -0.4 is 10.1 Å². The van der Waals surface area contributed by atoms with Crippen molar-refractivity contribution in [3.63, 3.8) is 0 Å². The molecule has 168 valence electrons. The van der Waals surface area contributed by atoms with E-state index < -0.39 is 21.7 Å². The average Bonchev–Trinajstić information content (AvgIpc) is 3.30. The molecule has 8 nitrogen and oxygen atoms in total. The number of sulfonamides is 1. The molecule has 0 unspecified atom stereocenters. The number of ether oxygens (including phenoxy) is 1. The van der Waals surface area contributed by atoms with Crippen molar-refractivity contribution < 1.29 is 22.3 Å². The van der Waals surface area contributed by atoms with E-state index in [-0.39, 0.29) is 16.3 Å². The molecule has 32 heavy (non-hydrogen) atoms. The molecule has 2 heterocycles. The first-order valence-electron chi connectivity index (χ1n) is 10.2. The normalized spacial score (nSPS) is 14.8. The van der Waals surface area contributed by atoms with Gasteiger partial charge in [0.2, 0.25) is 10.0 Å². The molecule has 0 atom stereocenters. The number of nitrogens with zero attached hydrogens (tertiary/aromatic N) is 2. The van der Waals surface area contributed by atoms with Crippen LogP contribution in [0.5, 0.6) is 5.75 Å². The predicted molar refractivity (Wildman–Crippen MR) is 118 cm³/mol. The molecular formula is C22H23FN4O4S. The Morgan fingerprint density at radius 2 is 1.91 bits per heavy atom. The molecule has 0 aliphatic carbocycles. The SMILES string of the molecule is COc1ccc(-c2cc(C(=O)Nc3cccc(F)c3)[nH]n2)cc1S(=O)(=O)N1CCCCC1. The summed E-state index contributed by atoms with van der Waals surface area (Å²) in [6, 6.07) is 11.8. The van der Waals surface area contributed by atoms with Crippen LogP contribution in [0.25, 0.3) is 11.3 Å². The van der Waals surface area contributed by atoms with Gasteiger partial charge in [0.05, 0.1) is 12.8 Å². The molecule has 0 saturated carbocycles. The van der Waals surface area contributed by atoms with Crippen LogP contribution in [0.3, 0.4) is 0 Å². The number of H-pyrrole nitrogens is 1. The Bertz CT molecular complexity index is 1240. The Kier molecular flexibility index (Phi) is 6.24. The van der Waals surface area contributed by atoms with Crippen LogP contribution in [-0.2, 0) is 10.0 Å². The van der Waals surface area contributed by atoms with Gasteiger partial charge in [0.25, 0.3) is 5.91 Å². The van der Waals surface area contributed by atoms with E-state index in [0.29, 0.717) is 30.0 Å². The number of piperidine rings is 1. The van der Waals surface area contributed by atoms with Crippen LogP contribution in [-0.4, -0.2) is 49.0 Å². The number of nitrogens with one attached hydrogen (secondary N) is 2. The second-order valence-corrected chi connectivity index (χ2v) is 9.37. The highest BCUT2D eigenvalue weighted by molar-refractivity contribution is 7.89. The second-order valence-electron chi connectivity index (χ2n) is 7.46. The third-order valence-corrected chi connectivity index (χ3v) is 7.22. The van der Waals surface area contributed by atoms with Gasteiger partial charge in [0.1, 0.15) is 22.2 Å². The molecule has 2 aromatic carbocycles. The van der Waals surface area contributed by atoms with Crippen LogP contribution in [0.2, 0.25) is 0 Å². The highest BCUT2D eigenvalue weighted by Gasteiger charge is 2.29. The lowest BCUT2D eigenvalue weighted by molar-refractivity contribution is 0.102. The van der Waals surface area contributed by atoms with Crippen LogP contribution in [0.1, 0.15) is 29.8 Å². The van der Waals surface area contributed by atoms with Crippen LogP contribution >= 0.6 is 0 Å². The van der Waals surface area contributed by atoms with Gasteiger partial charge in [-0.1, -0.05) is 12.5 Å². The largest absolute Gasteiger partial charge is 0.495 e. The minimum absolute atomic E-state index is 0.0631. The molecule has 1 amide bonds. The lowest BCUT2D eigenvalue weighted by Gasteiger charge is -2.26. The lowest BCUT2D eigenvalue weighted by Crippen LogP contribution is -2.35. The number of anilines is 1. The van der Waals surface area contributed by atoms with E-state index in [9.17, 15) is 17.6 Å². The molecule has 4 rings (SSSR count). The van der Waals surface area contributed by atoms with Crippen molar-refractivity contribution >= 4 is 21.6 Å². The maximum Gasteiger partial charge on any atom is 0.273 e. The molecule has 1 aliphatic heterocycles. The number of carbonyl (C=O) groups excluding carboxylic acids is 1. The first-order valence-corrected chi connectivity index (χ1v) is 11.6. The van der Waals surface area contributed by atoms with Gasteiger partial charge in [-0.25, -0.2) is 12.8 Å². The van der Waals surface area contributed by atoms with E-state index in [4.69, 9.17) is 4.74 Å². The van der Waals surface area contributed by atoms with Crippen molar-refractivity contribution in [3.05, 3.63) is 60.0 Å². The molecule has 1 aromatic heterocycles. The summed E-state index contributed by atoms with van der Waals surface area (Å²) in [5.41, 5.74) is 1.38. The molecule has 0 bridgehead atoms. The topological polar surface area (TPSA) is 104 Å². The number of carbonyl (C=O) groups is 1. The quantitative estimate of drug-likeness (QED) is 0.587. The highest BCUT2D eigenvalue weighted by Crippen LogP contribution is 2.32. The number of hydrogen-bond donors (Lipinski definition) is 2. The summed E-state index contributed by atoms with van der Waals surface area (Å²) in [5, 5.41) is 9.38. The minimum Gasteiger partial charge on any atom is -0.495 e. The number of methoxy groups -OCH3 is 1. The number of benzene rings is 2. The fourth-order valence-electron chi connectivity index (χ4n) is 3.63. The predicted octanol–water partition coefficient (Wildman–Crippen LogP) is 3.65. The summed E-state index contributed by atoms with van der Waals surface area (Å²) in [5.74, 6) is -0.711. The van der Waals surface area contributed by atoms with Gasteiger partial charge in [-0.05, 0) is 55.3 Å². The third kappa shape index (κ3) is 4.51. The van der Waals surface area contributed by atoms with Crippen molar-refractivity contribution in [2.24, 2.45) is 0 Å². The summed E-state index contributed by atoms with van der Waals surface area (Å²) >= 11 is 0. The molecule has 2 N–H and O–H groups in total. The maximum absolute atomic E-state index is 13.3. The minimum atomic E-state index is -3.73. The van der Waals surface area contributed by atoms with E-state index in [1.807, 2.05) is 0 Å². The van der Waals surface area contributed by atoms with Crippen molar-refractivity contribution in [3.8, 4) is 17.0 Å². The number of halogens is 1. The number of aromatic nitrogens is 2. The summed E-state index contributed by atoms with van der Waals surface area (Å²) in [7, 11) is -2.31. The summed E-state index contributed by atoms with van der Waals surface area (Å²) in [4.78, 5) is 12.5. The summed E-state index contributed by atoms with van der Waals surface area (Å²) < 4.78 is 46.6. The van der Waals surface area contributed by atoms with E-state index in [1.165, 1.54) is 41.7 Å². The highest BCUT2D eigenvalue weighted by atomic mass is 32.2. The lowest BCUT2D eigenvalue weighted by atomic mass is 10.1. The summed E-state index contributed by atoms with van der Waals surface area (Å²) in [6.07, 6.45) is 2.66. The number of amides is 1. The molecular weight excluding hydrogens is 435 g/mol. The number of rotatable bonds is 6. The fraction of sp³-hybridized carbons (Fsp3) is 0.273. The van der Waals surface area contributed by atoms with Gasteiger partial charge in [0.15, 0.2) is 0 Å². The molecule has 1 aliphatic rings. The van der Waals surface area contributed by atoms with Gasteiger partial charge in [-0.3, -0.25) is 9.89 Å². The Morgan fingerprint density at radius 3 is 2.62 bits per heavy atom. The first kappa shape index (κ1) is 22.0. The second kappa shape index (κ2) is 9.09. The van der Waals surface area contributed by atoms with Crippen LogP contribution in [0.15, 0.2) is 53.4 Å². The Labute approximate surface area is 185 Å². The van der Waals surface area contributed by atoms with Crippen molar-refractivity contribution in [2.75, 3.05) is 25.5 Å². The zero-order valence-electron chi connectivity index (χ0n) is 17.5. The Balaban J connectivity index is 1.61. The van der Waals surface area contributed by atoms with Gasteiger partial charge >= 0.3 is 0 Å². The number of hydrogen-bond acceptors (Lipinski definition) is 5. The smallest absolute Gasteiger partial charge is 0.273 e. The van der Waals surface area contributed by atoms with Gasteiger partial charge in [0, 0.05) is 24.3 Å². The Hall–Kier alpha value is -3.24. The van der Waals surface area contributed by atoms with Gasteiger partial charge < -0.3 is 10.1 Å². The van der Waals surface area contributed by atoms with Crippen molar-refractivity contribution in [1.29, 1.82) is 0 Å². The van der Waals surface area contributed by atoms with Crippen molar-refractivity contribution in [2.45, 2.75) is 24.2 Å². The van der Waals surface area contributed by atoms with Gasteiger partial charge in [-0.15, -0.1) is 0 Å². The van der Waals surface area contributed by atoms with E-state index in [2.05, 4.69) is 15.5 Å². The zero-order valence-corrected chi connectivity index (χ0v) is 18.3. The van der Waals surface area contributed by atoms with Crippen LogP contribution in [0, 0.1) is 5.82 Å². The first-order chi connectivity index (χ1) is 15.4. The molecule has 0 spiro atoms. The van der Waals surface area contributed by atoms with E-state index >= 15 is 0 Å². The molecule has 1 saturated heterocycles. The average molecular weight is 459 g/mol. The van der Waals surface area contributed by atoms with E-state index in [0.717, 1.165) is 19.3 Å². The maximum atomic E-state index is 13.3. The summed E-state index contributed by atoms with van der Waals surface area (Å²) in [6.45, 7) is 0.949. The fourth-order valence-corrected chi connectivity index (χ4v) is 5.33. The molecule has 1 fully saturated rings. The standard InChI is InChI=1S/C22H23FN4O4S/c1-31-20-9-8-15(12-21(20)32(29,30)27-10-3-2-4-11-27)18-14-19(26-25-18)22(28)24-17-7-5-6-16(23)13-17/h5-9,12-14H,2-4,10-11H2,1H3,(H,24,28)(H,25,26).